The lowest BCUT2D eigenvalue weighted by molar-refractivity contribution is -0.112. The van der Waals surface area contributed by atoms with Gasteiger partial charge in [0, 0.05) is 31.6 Å². The van der Waals surface area contributed by atoms with Crippen LogP contribution in [0.5, 0.6) is 0 Å². The first-order chi connectivity index (χ1) is 14.0. The van der Waals surface area contributed by atoms with Gasteiger partial charge in [-0.15, -0.1) is 0 Å². The van der Waals surface area contributed by atoms with Crippen LogP contribution in [0.3, 0.4) is 0 Å². The molecular formula is C18H19FN8O2. The molecule has 3 heterocycles. The van der Waals surface area contributed by atoms with Crippen molar-refractivity contribution in [1.29, 1.82) is 5.41 Å². The second-order valence-electron chi connectivity index (χ2n) is 5.91. The third-order valence-electron chi connectivity index (χ3n) is 3.99. The monoisotopic (exact) mass is 398 g/mol. The van der Waals surface area contributed by atoms with E-state index in [1.807, 2.05) is 4.57 Å². The van der Waals surface area contributed by atoms with E-state index in [0.717, 1.165) is 18.1 Å². The second-order valence-corrected chi connectivity index (χ2v) is 5.91. The molecule has 150 valence electrons. The molecule has 3 rings (SSSR count). The largest absolute Gasteiger partial charge is 0.383 e. The second kappa shape index (κ2) is 8.89. The molecule has 2 aromatic rings. The number of nitrogens with two attached hydrogens (primary N) is 1. The Morgan fingerprint density at radius 3 is 2.93 bits per heavy atom. The van der Waals surface area contributed by atoms with Crippen LogP contribution < -0.4 is 16.4 Å². The number of nitrogens with one attached hydrogen (secondary N) is 3. The maximum absolute atomic E-state index is 13.1. The van der Waals surface area contributed by atoms with E-state index >= 15 is 0 Å². The predicted molar refractivity (Wildman–Crippen MR) is 106 cm³/mol. The van der Waals surface area contributed by atoms with Crippen molar-refractivity contribution >= 4 is 23.6 Å². The molecule has 0 aliphatic carbocycles. The summed E-state index contributed by atoms with van der Waals surface area (Å²) in [6, 6.07) is 1.73. The van der Waals surface area contributed by atoms with Crippen molar-refractivity contribution in [2.45, 2.75) is 6.54 Å². The summed E-state index contributed by atoms with van der Waals surface area (Å²) in [5.41, 5.74) is 7.13. The number of carbonyl (C=O) groups is 1. The molecule has 0 saturated heterocycles. The number of allylic oxidation sites excluding steroid dienone is 1. The Balaban J connectivity index is 1.92. The molecule has 1 amide bonds. The van der Waals surface area contributed by atoms with Crippen LogP contribution in [0.4, 0.5) is 10.1 Å². The molecule has 11 heteroatoms. The number of nitrogens with zero attached hydrogens (tertiary/aromatic N) is 4. The summed E-state index contributed by atoms with van der Waals surface area (Å²) < 4.78 is 20.1. The van der Waals surface area contributed by atoms with Gasteiger partial charge in [-0.25, -0.2) is 14.4 Å². The molecular weight excluding hydrogens is 379 g/mol. The van der Waals surface area contributed by atoms with E-state index in [0.29, 0.717) is 24.4 Å². The van der Waals surface area contributed by atoms with E-state index in [-0.39, 0.29) is 11.4 Å². The minimum absolute atomic E-state index is 0.0352. The lowest BCUT2D eigenvalue weighted by Gasteiger charge is -2.15. The minimum atomic E-state index is -0.690. The van der Waals surface area contributed by atoms with Crippen LogP contribution in [0, 0.1) is 5.41 Å². The molecule has 1 aliphatic rings. The number of anilines is 1. The molecule has 0 radical (unpaired) electrons. The summed E-state index contributed by atoms with van der Waals surface area (Å²) in [7, 11) is 1.61. The zero-order valence-corrected chi connectivity index (χ0v) is 15.5. The van der Waals surface area contributed by atoms with Gasteiger partial charge in [0.25, 0.3) is 5.91 Å². The number of hydrogen-bond acceptors (Lipinski definition) is 7. The van der Waals surface area contributed by atoms with Gasteiger partial charge in [-0.1, -0.05) is 0 Å². The van der Waals surface area contributed by atoms with Gasteiger partial charge in [-0.05, 0) is 6.07 Å². The minimum Gasteiger partial charge on any atom is -0.383 e. The van der Waals surface area contributed by atoms with Gasteiger partial charge in [-0.3, -0.25) is 15.2 Å². The van der Waals surface area contributed by atoms with Crippen LogP contribution >= 0.6 is 0 Å². The topological polar surface area (TPSA) is 143 Å². The van der Waals surface area contributed by atoms with Crippen molar-refractivity contribution in [2.75, 3.05) is 19.0 Å². The molecule has 1 aliphatic heterocycles. The Bertz CT molecular complexity index is 1020. The molecule has 0 saturated carbocycles. The molecule has 0 unspecified atom stereocenters. The third-order valence-corrected chi connectivity index (χ3v) is 3.99. The molecule has 0 spiro atoms. The number of imidazole rings is 1. The summed E-state index contributed by atoms with van der Waals surface area (Å²) in [6.45, 7) is 1.06. The highest BCUT2D eigenvalue weighted by Gasteiger charge is 2.21. The van der Waals surface area contributed by atoms with E-state index in [2.05, 4.69) is 25.6 Å². The Morgan fingerprint density at radius 2 is 2.24 bits per heavy atom. The first kappa shape index (κ1) is 19.9. The number of ether oxygens (including phenoxy) is 1. The van der Waals surface area contributed by atoms with Gasteiger partial charge in [0.2, 0.25) is 0 Å². The van der Waals surface area contributed by atoms with E-state index in [1.165, 1.54) is 6.20 Å². The maximum Gasteiger partial charge on any atom is 0.263 e. The smallest absolute Gasteiger partial charge is 0.263 e. The fourth-order valence-electron chi connectivity index (χ4n) is 2.65. The zero-order valence-electron chi connectivity index (χ0n) is 15.5. The summed E-state index contributed by atoms with van der Waals surface area (Å²) in [5, 5.41) is 12.9. The molecule has 0 bridgehead atoms. The Morgan fingerprint density at radius 1 is 1.41 bits per heavy atom. The van der Waals surface area contributed by atoms with Crippen LogP contribution in [0.15, 0.2) is 59.4 Å². The molecule has 0 atom stereocenters. The van der Waals surface area contributed by atoms with Crippen molar-refractivity contribution in [3.05, 3.63) is 54.4 Å². The van der Waals surface area contributed by atoms with Crippen molar-refractivity contribution in [3.8, 4) is 11.3 Å². The molecule has 29 heavy (non-hydrogen) atoms. The highest BCUT2D eigenvalue weighted by molar-refractivity contribution is 6.24. The molecule has 5 N–H and O–H groups in total. The highest BCUT2D eigenvalue weighted by Crippen LogP contribution is 2.27. The maximum atomic E-state index is 13.1. The summed E-state index contributed by atoms with van der Waals surface area (Å²) in [5.74, 6) is -1.86. The number of halogens is 1. The number of pyridine rings is 1. The first-order valence-electron chi connectivity index (χ1n) is 8.51. The van der Waals surface area contributed by atoms with E-state index in [9.17, 15) is 9.18 Å². The molecule has 0 fully saturated rings. The van der Waals surface area contributed by atoms with E-state index in [4.69, 9.17) is 15.9 Å². The number of aromatic nitrogens is 3. The zero-order chi connectivity index (χ0) is 20.8. The quantitative estimate of drug-likeness (QED) is 0.313. The number of amidine groups is 1. The van der Waals surface area contributed by atoms with E-state index < -0.39 is 17.6 Å². The van der Waals surface area contributed by atoms with Crippen molar-refractivity contribution in [1.82, 2.24) is 19.9 Å². The molecule has 10 nitrogen and oxygen atoms in total. The average Bonchev–Trinajstić information content (AvgIpc) is 3.16. The molecule has 0 aromatic carbocycles. The van der Waals surface area contributed by atoms with Crippen LogP contribution in [-0.2, 0) is 16.1 Å². The van der Waals surface area contributed by atoms with Gasteiger partial charge in [-0.2, -0.15) is 0 Å². The van der Waals surface area contributed by atoms with Gasteiger partial charge in [0.1, 0.15) is 17.2 Å². The molecule has 2 aromatic heterocycles. The average molecular weight is 398 g/mol. The van der Waals surface area contributed by atoms with Crippen molar-refractivity contribution in [3.63, 3.8) is 0 Å². The van der Waals surface area contributed by atoms with Crippen LogP contribution in [0.2, 0.25) is 0 Å². The number of amides is 1. The number of rotatable bonds is 7. The van der Waals surface area contributed by atoms with Crippen LogP contribution in [0.1, 0.15) is 0 Å². The highest BCUT2D eigenvalue weighted by atomic mass is 19.1. The lowest BCUT2D eigenvalue weighted by atomic mass is 10.1. The standard InChI is InChI=1S/C18H19FN8O2/c1-29-5-4-27-10-23-9-14(27)12-2-3-22-8-13(12)26-18(28)15(16(20)21)17-24-6-11(19)7-25-17/h2-3,6-10,24H,4-5H2,1H3,(H3,20,21)(H,26,28)/b17-15-. The number of methoxy groups -OCH3 is 1. The number of hydrogen-bond donors (Lipinski definition) is 4. The number of aliphatic imine (C=N–C) groups is 1. The Labute approximate surface area is 165 Å². The Hall–Kier alpha value is -3.86. The van der Waals surface area contributed by atoms with Gasteiger partial charge < -0.3 is 25.7 Å². The number of carbonyl (C=O) groups excluding carboxylic acids is 1. The van der Waals surface area contributed by atoms with Crippen molar-refractivity contribution < 1.29 is 13.9 Å². The van der Waals surface area contributed by atoms with Gasteiger partial charge >= 0.3 is 0 Å². The third kappa shape index (κ3) is 4.52. The summed E-state index contributed by atoms with van der Waals surface area (Å²) in [4.78, 5) is 24.8. The summed E-state index contributed by atoms with van der Waals surface area (Å²) in [6.07, 6.45) is 8.31. The van der Waals surface area contributed by atoms with Crippen molar-refractivity contribution in [2.24, 2.45) is 10.7 Å². The van der Waals surface area contributed by atoms with Gasteiger partial charge in [0.05, 0.1) is 42.9 Å². The van der Waals surface area contributed by atoms with Gasteiger partial charge in [0.15, 0.2) is 5.83 Å². The summed E-state index contributed by atoms with van der Waals surface area (Å²) >= 11 is 0. The fourth-order valence-corrected chi connectivity index (χ4v) is 2.65. The van der Waals surface area contributed by atoms with Crippen LogP contribution in [0.25, 0.3) is 11.3 Å². The van der Waals surface area contributed by atoms with Crippen LogP contribution in [-0.4, -0.2) is 46.2 Å². The SMILES string of the molecule is COCCn1cncc1-c1ccncc1NC(=O)/C(C(=N)N)=C1\N=CC(F)=CN1. The predicted octanol–water partition coefficient (Wildman–Crippen LogP) is 1.16. The fraction of sp³-hybridized carbons (Fsp3) is 0.167. The van der Waals surface area contributed by atoms with E-state index in [1.54, 1.807) is 31.9 Å². The first-order valence-corrected chi connectivity index (χ1v) is 8.51. The normalized spacial score (nSPS) is 14.8. The Kier molecular flexibility index (Phi) is 6.09. The lowest BCUT2D eigenvalue weighted by Crippen LogP contribution is -2.30.